The zero-order valence-electron chi connectivity index (χ0n) is 9.66. The summed E-state index contributed by atoms with van der Waals surface area (Å²) in [6.45, 7) is 6.21. The van der Waals surface area contributed by atoms with Crippen molar-refractivity contribution in [3.63, 3.8) is 0 Å². The first-order valence-electron chi connectivity index (χ1n) is 5.62. The average molecular weight is 205 g/mol. The van der Waals surface area contributed by atoms with E-state index >= 15 is 0 Å². The molecule has 0 spiro atoms. The van der Waals surface area contributed by atoms with Gasteiger partial charge in [0.05, 0.1) is 11.6 Å². The SMILES string of the molecule is CC1CC(c2ccccc2)C(C)(C)[NH+]1[O-]. The van der Waals surface area contributed by atoms with Gasteiger partial charge < -0.3 is 10.3 Å². The third kappa shape index (κ3) is 1.68. The van der Waals surface area contributed by atoms with Crippen LogP contribution in [-0.2, 0) is 0 Å². The summed E-state index contributed by atoms with van der Waals surface area (Å²) in [6.07, 6.45) is 0.996. The van der Waals surface area contributed by atoms with E-state index in [1.165, 1.54) is 5.56 Å². The number of rotatable bonds is 1. The van der Waals surface area contributed by atoms with Crippen molar-refractivity contribution in [2.24, 2.45) is 0 Å². The molecule has 1 heterocycles. The topological polar surface area (TPSA) is 27.5 Å². The predicted molar refractivity (Wildman–Crippen MR) is 61.7 cm³/mol. The normalized spacial score (nSPS) is 34.3. The Kier molecular flexibility index (Phi) is 2.57. The number of hydrogen-bond acceptors (Lipinski definition) is 1. The Balaban J connectivity index is 2.32. The molecular weight excluding hydrogens is 186 g/mol. The van der Waals surface area contributed by atoms with Crippen LogP contribution in [0.25, 0.3) is 0 Å². The zero-order valence-corrected chi connectivity index (χ0v) is 9.66. The molecule has 0 amide bonds. The van der Waals surface area contributed by atoms with Crippen molar-refractivity contribution < 1.29 is 5.06 Å². The lowest BCUT2D eigenvalue weighted by Crippen LogP contribution is -3.16. The van der Waals surface area contributed by atoms with Crippen molar-refractivity contribution in [2.45, 2.75) is 44.7 Å². The number of quaternary nitrogens is 1. The van der Waals surface area contributed by atoms with Crippen molar-refractivity contribution in [1.29, 1.82) is 0 Å². The third-order valence-electron chi connectivity index (χ3n) is 3.74. The molecule has 1 aromatic carbocycles. The maximum atomic E-state index is 12.0. The molecule has 1 saturated heterocycles. The van der Waals surface area contributed by atoms with E-state index in [1.54, 1.807) is 0 Å². The second kappa shape index (κ2) is 3.62. The van der Waals surface area contributed by atoms with Crippen molar-refractivity contribution >= 4 is 0 Å². The summed E-state index contributed by atoms with van der Waals surface area (Å²) >= 11 is 0. The third-order valence-corrected chi connectivity index (χ3v) is 3.74. The molecule has 1 aliphatic heterocycles. The van der Waals surface area contributed by atoms with Gasteiger partial charge >= 0.3 is 0 Å². The van der Waals surface area contributed by atoms with Crippen molar-refractivity contribution in [3.05, 3.63) is 41.1 Å². The Morgan fingerprint density at radius 2 is 1.87 bits per heavy atom. The van der Waals surface area contributed by atoms with Crippen LogP contribution >= 0.6 is 0 Å². The molecule has 0 aromatic heterocycles. The van der Waals surface area contributed by atoms with Crippen LogP contribution in [0, 0.1) is 5.21 Å². The number of benzene rings is 1. The first kappa shape index (κ1) is 10.7. The van der Waals surface area contributed by atoms with Gasteiger partial charge in [-0.2, -0.15) is 0 Å². The molecule has 0 radical (unpaired) electrons. The highest BCUT2D eigenvalue weighted by Gasteiger charge is 2.46. The van der Waals surface area contributed by atoms with Crippen LogP contribution in [-0.4, -0.2) is 11.6 Å². The maximum Gasteiger partial charge on any atom is 0.0990 e. The van der Waals surface area contributed by atoms with E-state index in [4.69, 9.17) is 0 Å². The van der Waals surface area contributed by atoms with E-state index in [0.29, 0.717) is 11.0 Å². The lowest BCUT2D eigenvalue weighted by Gasteiger charge is -2.37. The van der Waals surface area contributed by atoms with Crippen LogP contribution < -0.4 is 5.06 Å². The van der Waals surface area contributed by atoms with Gasteiger partial charge in [-0.05, 0) is 26.3 Å². The molecule has 1 aromatic rings. The number of nitrogens with one attached hydrogen (secondary N) is 1. The minimum Gasteiger partial charge on any atom is -0.634 e. The Hall–Kier alpha value is -0.860. The lowest BCUT2D eigenvalue weighted by molar-refractivity contribution is -0.908. The van der Waals surface area contributed by atoms with Gasteiger partial charge in [0.15, 0.2) is 0 Å². The first-order chi connectivity index (χ1) is 7.03. The van der Waals surface area contributed by atoms with Gasteiger partial charge in [-0.1, -0.05) is 30.3 Å². The van der Waals surface area contributed by atoms with Gasteiger partial charge in [0.2, 0.25) is 0 Å². The summed E-state index contributed by atoms with van der Waals surface area (Å²) in [5.74, 6) is 0.390. The van der Waals surface area contributed by atoms with Crippen molar-refractivity contribution in [2.75, 3.05) is 0 Å². The molecule has 1 N–H and O–H groups in total. The van der Waals surface area contributed by atoms with Gasteiger partial charge in [-0.25, -0.2) is 0 Å². The van der Waals surface area contributed by atoms with E-state index < -0.39 is 0 Å². The second-order valence-corrected chi connectivity index (χ2v) is 5.19. The predicted octanol–water partition coefficient (Wildman–Crippen LogP) is 1.72. The molecule has 3 unspecified atom stereocenters. The van der Waals surface area contributed by atoms with Crippen LogP contribution in [0.4, 0.5) is 0 Å². The lowest BCUT2D eigenvalue weighted by atomic mass is 9.83. The number of hydrogen-bond donors (Lipinski definition) is 1. The Morgan fingerprint density at radius 1 is 1.27 bits per heavy atom. The summed E-state index contributed by atoms with van der Waals surface area (Å²) in [7, 11) is 0. The number of hydroxylamine groups is 2. The molecule has 82 valence electrons. The Bertz CT molecular complexity index is 334. The van der Waals surface area contributed by atoms with E-state index in [9.17, 15) is 5.21 Å². The summed E-state index contributed by atoms with van der Waals surface area (Å²) < 4.78 is 0. The fourth-order valence-corrected chi connectivity index (χ4v) is 2.80. The van der Waals surface area contributed by atoms with E-state index in [0.717, 1.165) is 6.42 Å². The summed E-state index contributed by atoms with van der Waals surface area (Å²) in [5, 5.41) is 12.4. The van der Waals surface area contributed by atoms with Gasteiger partial charge in [0.1, 0.15) is 0 Å². The molecule has 15 heavy (non-hydrogen) atoms. The molecule has 0 bridgehead atoms. The maximum absolute atomic E-state index is 12.0. The van der Waals surface area contributed by atoms with Gasteiger partial charge in [-0.3, -0.25) is 0 Å². The van der Waals surface area contributed by atoms with Crippen LogP contribution in [0.1, 0.15) is 38.7 Å². The molecule has 1 fully saturated rings. The van der Waals surface area contributed by atoms with Gasteiger partial charge in [-0.15, -0.1) is 0 Å². The van der Waals surface area contributed by atoms with Crippen LogP contribution in [0.3, 0.4) is 0 Å². The van der Waals surface area contributed by atoms with Gasteiger partial charge in [0.25, 0.3) is 0 Å². The van der Waals surface area contributed by atoms with Gasteiger partial charge in [0, 0.05) is 12.3 Å². The van der Waals surface area contributed by atoms with Crippen molar-refractivity contribution in [1.82, 2.24) is 0 Å². The van der Waals surface area contributed by atoms with Crippen LogP contribution in [0.15, 0.2) is 30.3 Å². The average Bonchev–Trinajstić information content (AvgIpc) is 2.43. The smallest absolute Gasteiger partial charge is 0.0990 e. The summed E-state index contributed by atoms with van der Waals surface area (Å²) in [4.78, 5) is 0. The van der Waals surface area contributed by atoms with E-state index in [2.05, 4.69) is 38.1 Å². The largest absolute Gasteiger partial charge is 0.634 e. The molecule has 2 nitrogen and oxygen atoms in total. The molecule has 1 aliphatic rings. The highest BCUT2D eigenvalue weighted by Crippen LogP contribution is 2.34. The quantitative estimate of drug-likeness (QED) is 0.695. The van der Waals surface area contributed by atoms with Crippen LogP contribution in [0.2, 0.25) is 0 Å². The molecule has 2 heteroatoms. The second-order valence-electron chi connectivity index (χ2n) is 5.19. The monoisotopic (exact) mass is 205 g/mol. The highest BCUT2D eigenvalue weighted by atomic mass is 16.5. The molecule has 0 aliphatic carbocycles. The highest BCUT2D eigenvalue weighted by molar-refractivity contribution is 5.23. The molecule has 3 atom stereocenters. The molecular formula is C13H19NO. The molecule has 0 saturated carbocycles. The minimum absolute atomic E-state index is 0.194. The first-order valence-corrected chi connectivity index (χ1v) is 5.62. The Morgan fingerprint density at radius 3 is 2.33 bits per heavy atom. The van der Waals surface area contributed by atoms with Crippen molar-refractivity contribution in [3.8, 4) is 0 Å². The molecule has 2 rings (SSSR count). The minimum atomic E-state index is -0.194. The summed E-state index contributed by atoms with van der Waals surface area (Å²) in [6, 6.07) is 10.6. The standard InChI is InChI=1S/C13H19NO/c1-10-9-12(13(2,3)14(10)15)11-7-5-4-6-8-11/h4-8,10,12,14H,9H2,1-3H3. The van der Waals surface area contributed by atoms with Crippen LogP contribution in [0.5, 0.6) is 0 Å². The fraction of sp³-hybridized carbons (Fsp3) is 0.538. The fourth-order valence-electron chi connectivity index (χ4n) is 2.80. The van der Waals surface area contributed by atoms with E-state index in [-0.39, 0.29) is 11.6 Å². The Labute approximate surface area is 91.5 Å². The zero-order chi connectivity index (χ0) is 11.1. The van der Waals surface area contributed by atoms with E-state index in [1.807, 2.05) is 13.0 Å². The summed E-state index contributed by atoms with van der Waals surface area (Å²) in [5.41, 5.74) is 1.11.